The van der Waals surface area contributed by atoms with Crippen molar-refractivity contribution in [3.05, 3.63) is 26.6 Å². The number of phenols is 1. The summed E-state index contributed by atoms with van der Waals surface area (Å²) in [6.45, 7) is 1.99. The number of aliphatic hydroxyl groups is 1. The van der Waals surface area contributed by atoms with Crippen LogP contribution in [-0.4, -0.2) is 23.4 Å². The first kappa shape index (κ1) is 15.0. The smallest absolute Gasteiger partial charge is 0.143 e. The Kier molecular flexibility index (Phi) is 7.11. The maximum absolute atomic E-state index is 9.56. The van der Waals surface area contributed by atoms with Gasteiger partial charge in [0.15, 0.2) is 0 Å². The highest BCUT2D eigenvalue weighted by atomic mass is 79.9. The molecule has 0 aliphatic carbocycles. The van der Waals surface area contributed by atoms with E-state index in [1.807, 2.05) is 12.1 Å². The average molecular weight is 367 g/mol. The van der Waals surface area contributed by atoms with Crippen LogP contribution in [0.5, 0.6) is 5.75 Å². The minimum absolute atomic E-state index is 0.233. The quantitative estimate of drug-likeness (QED) is 0.649. The minimum Gasteiger partial charge on any atom is -0.506 e. The van der Waals surface area contributed by atoms with Crippen LogP contribution >= 0.6 is 31.9 Å². The van der Waals surface area contributed by atoms with E-state index in [0.717, 1.165) is 37.9 Å². The Balaban J connectivity index is 2.32. The van der Waals surface area contributed by atoms with Gasteiger partial charge in [0.25, 0.3) is 0 Å². The van der Waals surface area contributed by atoms with Crippen molar-refractivity contribution in [2.24, 2.45) is 0 Å². The molecule has 0 aliphatic rings. The van der Waals surface area contributed by atoms with Crippen LogP contribution in [0.15, 0.2) is 21.1 Å². The molecular formula is C12H17Br2NO2. The van der Waals surface area contributed by atoms with E-state index in [-0.39, 0.29) is 12.4 Å². The number of halogens is 2. The summed E-state index contributed by atoms with van der Waals surface area (Å²) in [5.74, 6) is 0.233. The molecule has 0 unspecified atom stereocenters. The van der Waals surface area contributed by atoms with Crippen molar-refractivity contribution >= 4 is 31.9 Å². The molecule has 0 aromatic heterocycles. The number of nitrogens with one attached hydrogen (secondary N) is 1. The molecule has 17 heavy (non-hydrogen) atoms. The van der Waals surface area contributed by atoms with E-state index in [1.54, 1.807) is 0 Å². The van der Waals surface area contributed by atoms with Gasteiger partial charge in [0.1, 0.15) is 5.75 Å². The molecule has 1 aromatic rings. The second-order valence-electron chi connectivity index (χ2n) is 3.87. The number of benzene rings is 1. The third-order valence-corrected chi connectivity index (χ3v) is 3.63. The standard InChI is InChI=1S/C12H17Br2NO2/c13-10-6-9(7-11(14)12(10)17)8-15-4-2-1-3-5-16/h6-7,15-17H,1-5,8H2. The molecule has 0 radical (unpaired) electrons. The molecule has 0 saturated carbocycles. The van der Waals surface area contributed by atoms with Gasteiger partial charge in [-0.15, -0.1) is 0 Å². The van der Waals surface area contributed by atoms with Crippen LogP contribution in [0.1, 0.15) is 24.8 Å². The van der Waals surface area contributed by atoms with E-state index in [1.165, 1.54) is 0 Å². The molecule has 0 fully saturated rings. The second kappa shape index (κ2) is 8.08. The fourth-order valence-corrected chi connectivity index (χ4v) is 2.77. The molecule has 0 amide bonds. The van der Waals surface area contributed by atoms with Crippen molar-refractivity contribution in [2.45, 2.75) is 25.8 Å². The molecule has 1 rings (SSSR count). The summed E-state index contributed by atoms with van der Waals surface area (Å²) in [4.78, 5) is 0. The van der Waals surface area contributed by atoms with Gasteiger partial charge in [-0.1, -0.05) is 0 Å². The van der Waals surface area contributed by atoms with Crippen LogP contribution in [0.4, 0.5) is 0 Å². The number of unbranched alkanes of at least 4 members (excludes halogenated alkanes) is 2. The first-order chi connectivity index (χ1) is 8.15. The molecule has 3 nitrogen and oxygen atoms in total. The number of aromatic hydroxyl groups is 1. The van der Waals surface area contributed by atoms with Crippen molar-refractivity contribution in [3.8, 4) is 5.75 Å². The van der Waals surface area contributed by atoms with Crippen LogP contribution in [-0.2, 0) is 6.54 Å². The summed E-state index contributed by atoms with van der Waals surface area (Å²) in [5.41, 5.74) is 1.11. The lowest BCUT2D eigenvalue weighted by atomic mass is 10.2. The van der Waals surface area contributed by atoms with Gasteiger partial charge in [-0.05, 0) is 75.4 Å². The van der Waals surface area contributed by atoms with E-state index in [4.69, 9.17) is 5.11 Å². The SMILES string of the molecule is OCCCCCNCc1cc(Br)c(O)c(Br)c1. The lowest BCUT2D eigenvalue weighted by molar-refractivity contribution is 0.283. The molecule has 0 bridgehead atoms. The summed E-state index contributed by atoms with van der Waals surface area (Å²) >= 11 is 6.61. The zero-order valence-electron chi connectivity index (χ0n) is 9.55. The third-order valence-electron chi connectivity index (χ3n) is 2.42. The van der Waals surface area contributed by atoms with Crippen molar-refractivity contribution in [3.63, 3.8) is 0 Å². The number of phenolic OH excluding ortho intramolecular Hbond substituents is 1. The van der Waals surface area contributed by atoms with Crippen molar-refractivity contribution < 1.29 is 10.2 Å². The first-order valence-electron chi connectivity index (χ1n) is 5.63. The molecule has 5 heteroatoms. The van der Waals surface area contributed by atoms with Crippen LogP contribution in [0.3, 0.4) is 0 Å². The summed E-state index contributed by atoms with van der Waals surface area (Å²) in [6.07, 6.45) is 2.99. The van der Waals surface area contributed by atoms with Gasteiger partial charge in [-0.2, -0.15) is 0 Å². The predicted octanol–water partition coefficient (Wildman–Crippen LogP) is 3.17. The van der Waals surface area contributed by atoms with Crippen LogP contribution < -0.4 is 5.32 Å². The maximum atomic E-state index is 9.56. The van der Waals surface area contributed by atoms with Crippen molar-refractivity contribution in [2.75, 3.05) is 13.2 Å². The lowest BCUT2D eigenvalue weighted by Gasteiger charge is -2.07. The summed E-state index contributed by atoms with van der Waals surface area (Å²) in [7, 11) is 0. The number of rotatable bonds is 7. The Labute approximate surface area is 118 Å². The average Bonchev–Trinajstić information content (AvgIpc) is 2.30. The van der Waals surface area contributed by atoms with Gasteiger partial charge in [-0.25, -0.2) is 0 Å². The Morgan fingerprint density at radius 1 is 1.06 bits per heavy atom. The normalized spacial score (nSPS) is 10.8. The van der Waals surface area contributed by atoms with Gasteiger partial charge in [0.05, 0.1) is 8.95 Å². The Morgan fingerprint density at radius 2 is 1.71 bits per heavy atom. The largest absolute Gasteiger partial charge is 0.506 e. The molecule has 0 aliphatic heterocycles. The van der Waals surface area contributed by atoms with E-state index in [9.17, 15) is 5.11 Å². The Morgan fingerprint density at radius 3 is 2.29 bits per heavy atom. The van der Waals surface area contributed by atoms with Crippen LogP contribution in [0, 0.1) is 0 Å². The zero-order chi connectivity index (χ0) is 12.7. The lowest BCUT2D eigenvalue weighted by Crippen LogP contribution is -2.14. The van der Waals surface area contributed by atoms with Crippen molar-refractivity contribution in [1.82, 2.24) is 5.32 Å². The molecule has 1 aromatic carbocycles. The highest BCUT2D eigenvalue weighted by Gasteiger charge is 2.05. The summed E-state index contributed by atoms with van der Waals surface area (Å²) < 4.78 is 1.40. The second-order valence-corrected chi connectivity index (χ2v) is 5.58. The monoisotopic (exact) mass is 365 g/mol. The van der Waals surface area contributed by atoms with Crippen LogP contribution in [0.2, 0.25) is 0 Å². The van der Waals surface area contributed by atoms with E-state index in [0.29, 0.717) is 8.95 Å². The maximum Gasteiger partial charge on any atom is 0.143 e. The fraction of sp³-hybridized carbons (Fsp3) is 0.500. The molecule has 0 spiro atoms. The van der Waals surface area contributed by atoms with Crippen LogP contribution in [0.25, 0.3) is 0 Å². The molecule has 0 atom stereocenters. The van der Waals surface area contributed by atoms with Gasteiger partial charge < -0.3 is 15.5 Å². The van der Waals surface area contributed by atoms with E-state index >= 15 is 0 Å². The van der Waals surface area contributed by atoms with E-state index in [2.05, 4.69) is 37.2 Å². The highest BCUT2D eigenvalue weighted by molar-refractivity contribution is 9.11. The molecule has 0 heterocycles. The summed E-state index contributed by atoms with van der Waals surface area (Å²) in [5, 5.41) is 21.5. The number of hydrogen-bond acceptors (Lipinski definition) is 3. The predicted molar refractivity (Wildman–Crippen MR) is 76.2 cm³/mol. The fourth-order valence-electron chi connectivity index (χ4n) is 1.49. The third kappa shape index (κ3) is 5.38. The minimum atomic E-state index is 0.233. The topological polar surface area (TPSA) is 52.5 Å². The Bertz CT molecular complexity index is 335. The molecular weight excluding hydrogens is 350 g/mol. The zero-order valence-corrected chi connectivity index (χ0v) is 12.7. The van der Waals surface area contributed by atoms with Gasteiger partial charge in [-0.3, -0.25) is 0 Å². The van der Waals surface area contributed by atoms with E-state index < -0.39 is 0 Å². The van der Waals surface area contributed by atoms with Gasteiger partial charge in [0.2, 0.25) is 0 Å². The first-order valence-corrected chi connectivity index (χ1v) is 7.22. The van der Waals surface area contributed by atoms with Gasteiger partial charge in [0, 0.05) is 13.2 Å². The summed E-state index contributed by atoms with van der Waals surface area (Å²) in [6, 6.07) is 3.81. The highest BCUT2D eigenvalue weighted by Crippen LogP contribution is 2.33. The number of aliphatic hydroxyl groups excluding tert-OH is 1. The van der Waals surface area contributed by atoms with Gasteiger partial charge >= 0.3 is 0 Å². The molecule has 3 N–H and O–H groups in total. The van der Waals surface area contributed by atoms with Crippen molar-refractivity contribution in [1.29, 1.82) is 0 Å². The Hall–Kier alpha value is -0.100. The molecule has 96 valence electrons. The number of hydrogen-bond donors (Lipinski definition) is 3. The molecule has 0 saturated heterocycles.